The van der Waals surface area contributed by atoms with Crippen molar-refractivity contribution in [3.05, 3.63) is 72.1 Å². The molecule has 4 heterocycles. The molecule has 0 saturated carbocycles. The number of nitrogens with one attached hydrogen (secondary N) is 1. The first kappa shape index (κ1) is 22.3. The molecule has 182 valence electrons. The Morgan fingerprint density at radius 3 is 2.37 bits per heavy atom. The van der Waals surface area contributed by atoms with Crippen LogP contribution in [0.25, 0.3) is 0 Å². The van der Waals surface area contributed by atoms with Crippen LogP contribution in [0.4, 0.5) is 23.0 Å². The van der Waals surface area contributed by atoms with E-state index in [1.54, 1.807) is 6.33 Å². The summed E-state index contributed by atoms with van der Waals surface area (Å²) in [5, 5.41) is 3.45. The highest BCUT2D eigenvalue weighted by molar-refractivity contribution is 5.62. The van der Waals surface area contributed by atoms with E-state index in [4.69, 9.17) is 4.74 Å². The average molecular weight is 471 g/mol. The van der Waals surface area contributed by atoms with Crippen molar-refractivity contribution in [1.82, 2.24) is 14.9 Å². The van der Waals surface area contributed by atoms with Gasteiger partial charge in [-0.2, -0.15) is 0 Å². The lowest BCUT2D eigenvalue weighted by Crippen LogP contribution is -2.46. The Kier molecular flexibility index (Phi) is 6.51. The van der Waals surface area contributed by atoms with E-state index in [-0.39, 0.29) is 0 Å². The standard InChI is InChI=1S/C28H34N6O/c1-2-4-23-20-34(12-9-22(23)3-1)26-10-13-33(14-11-26)28-19-27(29-21-30-28)31-24-5-7-25(8-6-24)32-15-17-35-18-16-32/h1-8,19,21,26H,9-18,20H2,(H,29,30,31). The lowest BCUT2D eigenvalue weighted by Gasteiger charge is -2.41. The second kappa shape index (κ2) is 10.2. The van der Waals surface area contributed by atoms with E-state index in [2.05, 4.69) is 84.6 Å². The third-order valence-corrected chi connectivity index (χ3v) is 7.63. The van der Waals surface area contributed by atoms with E-state index in [0.29, 0.717) is 6.04 Å². The van der Waals surface area contributed by atoms with Gasteiger partial charge < -0.3 is 19.9 Å². The molecule has 0 spiro atoms. The molecule has 7 nitrogen and oxygen atoms in total. The molecule has 3 aromatic rings. The van der Waals surface area contributed by atoms with Crippen LogP contribution < -0.4 is 15.1 Å². The van der Waals surface area contributed by atoms with Crippen LogP contribution in [0.1, 0.15) is 24.0 Å². The van der Waals surface area contributed by atoms with Gasteiger partial charge in [-0.1, -0.05) is 24.3 Å². The van der Waals surface area contributed by atoms with Gasteiger partial charge in [-0.05, 0) is 54.7 Å². The van der Waals surface area contributed by atoms with Crippen LogP contribution in [0.3, 0.4) is 0 Å². The lowest BCUT2D eigenvalue weighted by molar-refractivity contribution is 0.122. The molecule has 2 saturated heterocycles. The van der Waals surface area contributed by atoms with Crippen molar-refractivity contribution in [3.63, 3.8) is 0 Å². The van der Waals surface area contributed by atoms with Crippen molar-refractivity contribution in [2.75, 3.05) is 61.1 Å². The Morgan fingerprint density at radius 2 is 1.57 bits per heavy atom. The Balaban J connectivity index is 1.05. The number of aromatic nitrogens is 2. The van der Waals surface area contributed by atoms with Gasteiger partial charge in [-0.25, -0.2) is 9.97 Å². The van der Waals surface area contributed by atoms with Crippen molar-refractivity contribution in [3.8, 4) is 0 Å². The fourth-order valence-corrected chi connectivity index (χ4v) is 5.60. The number of benzene rings is 2. The lowest BCUT2D eigenvalue weighted by atomic mass is 9.95. The van der Waals surface area contributed by atoms with Gasteiger partial charge in [0.05, 0.1) is 13.2 Å². The Morgan fingerprint density at radius 1 is 0.800 bits per heavy atom. The molecule has 0 unspecified atom stereocenters. The van der Waals surface area contributed by atoms with E-state index in [0.717, 1.165) is 63.3 Å². The number of hydrogen-bond donors (Lipinski definition) is 1. The van der Waals surface area contributed by atoms with E-state index in [9.17, 15) is 0 Å². The predicted molar refractivity (Wildman–Crippen MR) is 141 cm³/mol. The number of anilines is 4. The van der Waals surface area contributed by atoms with Gasteiger partial charge in [0.1, 0.15) is 18.0 Å². The zero-order valence-corrected chi connectivity index (χ0v) is 20.3. The molecule has 0 aliphatic carbocycles. The average Bonchev–Trinajstić information content (AvgIpc) is 2.94. The molecular formula is C28H34N6O. The summed E-state index contributed by atoms with van der Waals surface area (Å²) in [6, 6.07) is 20.2. The van der Waals surface area contributed by atoms with Crippen molar-refractivity contribution in [1.29, 1.82) is 0 Å². The fourth-order valence-electron chi connectivity index (χ4n) is 5.60. The molecule has 35 heavy (non-hydrogen) atoms. The Bertz CT molecular complexity index is 1120. The molecule has 2 fully saturated rings. The highest BCUT2D eigenvalue weighted by Crippen LogP contribution is 2.28. The van der Waals surface area contributed by atoms with Crippen molar-refractivity contribution in [2.24, 2.45) is 0 Å². The number of fused-ring (bicyclic) bond motifs is 1. The van der Waals surface area contributed by atoms with E-state index in [1.165, 1.54) is 42.6 Å². The summed E-state index contributed by atoms with van der Waals surface area (Å²) < 4.78 is 5.46. The number of hydrogen-bond acceptors (Lipinski definition) is 7. The first-order valence-corrected chi connectivity index (χ1v) is 12.9. The second-order valence-corrected chi connectivity index (χ2v) is 9.74. The first-order chi connectivity index (χ1) is 17.3. The number of nitrogens with zero attached hydrogens (tertiary/aromatic N) is 5. The number of ether oxygens (including phenoxy) is 1. The SMILES string of the molecule is c1ccc2c(c1)CCN(C1CCN(c3cc(Nc4ccc(N5CCOCC5)cc4)ncn3)CC1)C2. The van der Waals surface area contributed by atoms with Gasteiger partial charge >= 0.3 is 0 Å². The van der Waals surface area contributed by atoms with Gasteiger partial charge in [-0.3, -0.25) is 4.90 Å². The zero-order chi connectivity index (χ0) is 23.5. The van der Waals surface area contributed by atoms with Crippen LogP contribution in [0.2, 0.25) is 0 Å². The first-order valence-electron chi connectivity index (χ1n) is 12.9. The maximum atomic E-state index is 5.46. The third kappa shape index (κ3) is 5.11. The summed E-state index contributed by atoms with van der Waals surface area (Å²) in [7, 11) is 0. The molecule has 3 aliphatic heterocycles. The van der Waals surface area contributed by atoms with Gasteiger partial charge in [0, 0.05) is 62.8 Å². The monoisotopic (exact) mass is 470 g/mol. The number of piperidine rings is 1. The second-order valence-electron chi connectivity index (χ2n) is 9.74. The maximum Gasteiger partial charge on any atom is 0.135 e. The van der Waals surface area contributed by atoms with Crippen LogP contribution in [-0.4, -0.2) is 66.8 Å². The van der Waals surface area contributed by atoms with Gasteiger partial charge in [0.15, 0.2) is 0 Å². The number of rotatable bonds is 5. The smallest absolute Gasteiger partial charge is 0.135 e. The predicted octanol–water partition coefficient (Wildman–Crippen LogP) is 4.08. The molecular weight excluding hydrogens is 436 g/mol. The van der Waals surface area contributed by atoms with Gasteiger partial charge in [0.2, 0.25) is 0 Å². The van der Waals surface area contributed by atoms with Crippen LogP contribution in [0, 0.1) is 0 Å². The van der Waals surface area contributed by atoms with E-state index in [1.807, 2.05) is 0 Å². The van der Waals surface area contributed by atoms with Crippen molar-refractivity contribution in [2.45, 2.75) is 31.8 Å². The largest absolute Gasteiger partial charge is 0.378 e. The fraction of sp³-hybridized carbons (Fsp3) is 0.429. The molecule has 1 N–H and O–H groups in total. The molecule has 0 radical (unpaired) electrons. The normalized spacial score (nSPS) is 19.4. The third-order valence-electron chi connectivity index (χ3n) is 7.63. The Labute approximate surface area is 207 Å². The minimum Gasteiger partial charge on any atom is -0.378 e. The minimum absolute atomic E-state index is 0.656. The highest BCUT2D eigenvalue weighted by atomic mass is 16.5. The molecule has 3 aliphatic rings. The zero-order valence-electron chi connectivity index (χ0n) is 20.3. The van der Waals surface area contributed by atoms with Crippen molar-refractivity contribution < 1.29 is 4.74 Å². The van der Waals surface area contributed by atoms with Crippen LogP contribution >= 0.6 is 0 Å². The molecule has 0 atom stereocenters. The van der Waals surface area contributed by atoms with Crippen LogP contribution in [-0.2, 0) is 17.7 Å². The topological polar surface area (TPSA) is 56.8 Å². The summed E-state index contributed by atoms with van der Waals surface area (Å²) >= 11 is 0. The summed E-state index contributed by atoms with van der Waals surface area (Å²) in [5.41, 5.74) is 5.31. The van der Waals surface area contributed by atoms with Crippen LogP contribution in [0.15, 0.2) is 60.9 Å². The van der Waals surface area contributed by atoms with Gasteiger partial charge in [0.25, 0.3) is 0 Å². The molecule has 0 amide bonds. The van der Waals surface area contributed by atoms with Crippen LogP contribution in [0.5, 0.6) is 0 Å². The molecule has 7 heteroatoms. The van der Waals surface area contributed by atoms with E-state index >= 15 is 0 Å². The molecule has 1 aromatic heterocycles. The Hall–Kier alpha value is -3.16. The summed E-state index contributed by atoms with van der Waals surface area (Å²) in [4.78, 5) is 16.5. The number of morpholine rings is 1. The summed E-state index contributed by atoms with van der Waals surface area (Å²) in [6.45, 7) is 7.83. The van der Waals surface area contributed by atoms with Gasteiger partial charge in [-0.15, -0.1) is 0 Å². The summed E-state index contributed by atoms with van der Waals surface area (Å²) in [5.74, 6) is 1.85. The van der Waals surface area contributed by atoms with E-state index < -0.39 is 0 Å². The minimum atomic E-state index is 0.656. The summed E-state index contributed by atoms with van der Waals surface area (Å²) in [6.07, 6.45) is 5.20. The van der Waals surface area contributed by atoms with Crippen molar-refractivity contribution >= 4 is 23.0 Å². The maximum absolute atomic E-state index is 5.46. The highest BCUT2D eigenvalue weighted by Gasteiger charge is 2.27. The molecule has 6 rings (SSSR count). The molecule has 2 aromatic carbocycles. The molecule has 0 bridgehead atoms. The quantitative estimate of drug-likeness (QED) is 0.603.